The van der Waals surface area contributed by atoms with Crippen LogP contribution in [0.25, 0.3) is 0 Å². The number of unbranched alkanes of at least 4 members (excludes halogenated alkanes) is 6. The largest absolute Gasteiger partial charge is 0.379 e. The highest BCUT2D eigenvalue weighted by Crippen LogP contribution is 2.43. The van der Waals surface area contributed by atoms with E-state index in [1.54, 1.807) is 30.5 Å². The van der Waals surface area contributed by atoms with E-state index in [4.69, 9.17) is 5.26 Å². The Morgan fingerprint density at radius 2 is 1.48 bits per heavy atom. The van der Waals surface area contributed by atoms with Crippen LogP contribution in [0, 0.1) is 11.3 Å². The molecule has 4 heterocycles. The third-order valence-electron chi connectivity index (χ3n) is 14.4. The fraction of sp³-hybridized carbons (Fsp3) is 0.509. The molecule has 368 valence electrons. The van der Waals surface area contributed by atoms with Crippen LogP contribution in [-0.2, 0) is 11.3 Å². The Bertz CT molecular complexity index is 2300. The molecule has 69 heavy (non-hydrogen) atoms. The predicted octanol–water partition coefficient (Wildman–Crippen LogP) is 6.66. The second-order valence-electron chi connectivity index (χ2n) is 19.1. The van der Waals surface area contributed by atoms with Crippen LogP contribution >= 0.6 is 0 Å². The number of pyridine rings is 1. The standard InChI is InChI=1S/C53H70N10O6/c54-34-38-14-26-47(55-36-38)57-39-15-18-42(19-16-39)62(53(69)56-35-37-11-7-6-8-12-37)43-22-20-41(21-23-43)61-31-29-60(30-32-61)28-10-5-3-1-2-4-9-13-48(64)58-40-17-24-44-45(33-40)52(68)63(51(44)67)46-25-27-49(65)59-50(46)66/h6-8,11-12,14,17,20-24,26,33,36,39,42,46,49-52,59,65-68H,1-5,9-10,13,15-16,18-19,25,27-32,35H2,(H,55,57)(H,56,69)(H,58,64)/t39?,42?,46-,49-,50-,51-,52-/m1/s1. The van der Waals surface area contributed by atoms with Crippen LogP contribution in [0.1, 0.15) is 125 Å². The Kier molecular flexibility index (Phi) is 17.5. The fourth-order valence-corrected chi connectivity index (χ4v) is 10.5. The van der Waals surface area contributed by atoms with Crippen molar-refractivity contribution in [1.29, 1.82) is 5.26 Å². The average Bonchev–Trinajstić information content (AvgIpc) is 3.61. The first-order chi connectivity index (χ1) is 33.6. The Hall–Kier alpha value is -5.64. The summed E-state index contributed by atoms with van der Waals surface area (Å²) in [4.78, 5) is 39.5. The van der Waals surface area contributed by atoms with Crippen LogP contribution in [0.3, 0.4) is 0 Å². The molecule has 3 aromatic carbocycles. The minimum Gasteiger partial charge on any atom is -0.379 e. The first kappa shape index (κ1) is 49.8. The Labute approximate surface area is 406 Å². The summed E-state index contributed by atoms with van der Waals surface area (Å²) >= 11 is 0. The van der Waals surface area contributed by atoms with Gasteiger partial charge >= 0.3 is 6.03 Å². The highest BCUT2D eigenvalue weighted by atomic mass is 16.3. The normalized spacial score (nSPS) is 24.0. The number of hydrogen-bond donors (Lipinski definition) is 8. The summed E-state index contributed by atoms with van der Waals surface area (Å²) in [5.74, 6) is 0.685. The van der Waals surface area contributed by atoms with Crippen LogP contribution in [0.4, 0.5) is 27.7 Å². The number of aromatic nitrogens is 1. The Morgan fingerprint density at radius 3 is 2.17 bits per heavy atom. The molecule has 3 amide bonds. The molecule has 0 unspecified atom stereocenters. The van der Waals surface area contributed by atoms with E-state index >= 15 is 0 Å². The number of anilines is 4. The number of nitrogens with zero attached hydrogens (tertiary/aromatic N) is 6. The second-order valence-corrected chi connectivity index (χ2v) is 19.1. The molecular formula is C53H70N10O6. The van der Waals surface area contributed by atoms with E-state index in [2.05, 4.69) is 66.4 Å². The van der Waals surface area contributed by atoms with E-state index in [9.17, 15) is 30.0 Å². The number of piperidine rings is 1. The number of aliphatic hydroxyl groups is 4. The van der Waals surface area contributed by atoms with Gasteiger partial charge in [0, 0.05) is 85.6 Å². The second kappa shape index (κ2) is 24.3. The lowest BCUT2D eigenvalue weighted by atomic mass is 9.90. The zero-order chi connectivity index (χ0) is 48.1. The summed E-state index contributed by atoms with van der Waals surface area (Å²) < 4.78 is 0. The number of aliphatic hydroxyl groups excluding tert-OH is 4. The van der Waals surface area contributed by atoms with E-state index in [-0.39, 0.29) is 24.0 Å². The molecule has 1 aromatic heterocycles. The van der Waals surface area contributed by atoms with Crippen molar-refractivity contribution in [2.75, 3.05) is 53.2 Å². The molecule has 4 aliphatic rings. The molecule has 1 saturated carbocycles. The molecule has 2 saturated heterocycles. The fourth-order valence-electron chi connectivity index (χ4n) is 10.5. The SMILES string of the molecule is N#Cc1ccc(NC2CCC(N(C(=O)NCc3ccccc3)c3ccc(N4CCN(CCCCCCCCCC(=O)Nc5ccc6c(c5)[C@@H](O)N([C@@H]5CC[C@@H](O)N[C@@H]5O)[C@@H]6O)CC4)cc3)CC2)nc1. The third kappa shape index (κ3) is 13.2. The van der Waals surface area contributed by atoms with Crippen LogP contribution in [0.5, 0.6) is 0 Å². The van der Waals surface area contributed by atoms with Crippen LogP contribution in [0.15, 0.2) is 91.1 Å². The van der Waals surface area contributed by atoms with Crippen LogP contribution < -0.4 is 31.1 Å². The first-order valence-electron chi connectivity index (χ1n) is 25.1. The van der Waals surface area contributed by atoms with Gasteiger partial charge in [-0.3, -0.25) is 19.9 Å². The molecule has 3 aliphatic heterocycles. The monoisotopic (exact) mass is 943 g/mol. The summed E-state index contributed by atoms with van der Waals surface area (Å²) in [6.07, 6.45) is 9.74. The van der Waals surface area contributed by atoms with Gasteiger partial charge in [0.05, 0.1) is 11.6 Å². The molecule has 0 radical (unpaired) electrons. The van der Waals surface area contributed by atoms with Crippen molar-refractivity contribution in [1.82, 2.24) is 25.4 Å². The maximum atomic E-state index is 13.9. The molecule has 4 aromatic rings. The molecule has 8 rings (SSSR count). The summed E-state index contributed by atoms with van der Waals surface area (Å²) in [6.45, 7) is 5.53. The van der Waals surface area contributed by atoms with Crippen molar-refractivity contribution in [3.05, 3.63) is 113 Å². The molecule has 16 heteroatoms. The maximum absolute atomic E-state index is 13.9. The number of nitriles is 1. The van der Waals surface area contributed by atoms with Crippen molar-refractivity contribution in [3.63, 3.8) is 0 Å². The summed E-state index contributed by atoms with van der Waals surface area (Å²) in [5.41, 5.74) is 5.27. The molecule has 1 aliphatic carbocycles. The number of hydrogen-bond acceptors (Lipinski definition) is 13. The number of amides is 3. The van der Waals surface area contributed by atoms with Crippen molar-refractivity contribution in [2.45, 2.75) is 139 Å². The average molecular weight is 943 g/mol. The van der Waals surface area contributed by atoms with Crippen molar-refractivity contribution < 1.29 is 30.0 Å². The van der Waals surface area contributed by atoms with Gasteiger partial charge in [-0.25, -0.2) is 14.7 Å². The van der Waals surface area contributed by atoms with Gasteiger partial charge in [0.1, 0.15) is 36.8 Å². The van der Waals surface area contributed by atoms with Gasteiger partial charge in [0.2, 0.25) is 5.91 Å². The molecule has 5 atom stereocenters. The molecular weight excluding hydrogens is 873 g/mol. The topological polar surface area (TPSA) is 213 Å². The molecule has 8 N–H and O–H groups in total. The van der Waals surface area contributed by atoms with Gasteiger partial charge in [-0.15, -0.1) is 0 Å². The van der Waals surface area contributed by atoms with Gasteiger partial charge in [-0.1, -0.05) is 68.5 Å². The highest BCUT2D eigenvalue weighted by Gasteiger charge is 2.45. The number of piperazine rings is 1. The smallest absolute Gasteiger partial charge is 0.322 e. The number of benzene rings is 3. The zero-order valence-corrected chi connectivity index (χ0v) is 39.6. The van der Waals surface area contributed by atoms with E-state index < -0.39 is 31.0 Å². The predicted molar refractivity (Wildman–Crippen MR) is 267 cm³/mol. The lowest BCUT2D eigenvalue weighted by Gasteiger charge is -2.40. The molecule has 0 spiro atoms. The Morgan fingerprint density at radius 1 is 0.768 bits per heavy atom. The van der Waals surface area contributed by atoms with Gasteiger partial charge in [0.15, 0.2) is 0 Å². The number of nitrogens with one attached hydrogen (secondary N) is 4. The summed E-state index contributed by atoms with van der Waals surface area (Å²) in [5, 5.41) is 63.7. The molecule has 0 bridgehead atoms. The van der Waals surface area contributed by atoms with Crippen LogP contribution in [0.2, 0.25) is 0 Å². The third-order valence-corrected chi connectivity index (χ3v) is 14.4. The van der Waals surface area contributed by atoms with Crippen molar-refractivity contribution >= 4 is 34.8 Å². The number of rotatable bonds is 19. The van der Waals surface area contributed by atoms with Gasteiger partial charge in [-0.2, -0.15) is 5.26 Å². The van der Waals surface area contributed by atoms with E-state index in [1.165, 1.54) is 29.8 Å². The van der Waals surface area contributed by atoms with E-state index in [0.29, 0.717) is 48.2 Å². The summed E-state index contributed by atoms with van der Waals surface area (Å²) in [6, 6.07) is 29.1. The highest BCUT2D eigenvalue weighted by molar-refractivity contribution is 5.93. The van der Waals surface area contributed by atoms with Gasteiger partial charge < -0.3 is 41.3 Å². The maximum Gasteiger partial charge on any atom is 0.322 e. The van der Waals surface area contributed by atoms with E-state index in [1.807, 2.05) is 41.3 Å². The summed E-state index contributed by atoms with van der Waals surface area (Å²) in [7, 11) is 0. The number of carbonyl (C=O) groups excluding carboxylic acids is 2. The minimum absolute atomic E-state index is 0.0631. The molecule has 3 fully saturated rings. The first-order valence-corrected chi connectivity index (χ1v) is 25.1. The number of fused-ring (bicyclic) bond motifs is 1. The van der Waals surface area contributed by atoms with Gasteiger partial charge in [-0.05, 0) is 112 Å². The lowest BCUT2D eigenvalue weighted by Crippen LogP contribution is -2.57. The lowest BCUT2D eigenvalue weighted by molar-refractivity contribution is -0.159. The quantitative estimate of drug-likeness (QED) is 0.0463. The van der Waals surface area contributed by atoms with Gasteiger partial charge in [0.25, 0.3) is 0 Å². The van der Waals surface area contributed by atoms with Crippen molar-refractivity contribution in [2.24, 2.45) is 0 Å². The molecule has 16 nitrogen and oxygen atoms in total. The minimum atomic E-state index is -1.15. The van der Waals surface area contributed by atoms with Crippen molar-refractivity contribution in [3.8, 4) is 6.07 Å². The van der Waals surface area contributed by atoms with Crippen LogP contribution in [-0.4, -0.2) is 110 Å². The zero-order valence-electron chi connectivity index (χ0n) is 39.6. The Balaban J connectivity index is 0.710. The van der Waals surface area contributed by atoms with E-state index in [0.717, 1.165) is 101 Å². The number of carbonyl (C=O) groups is 2. The number of urea groups is 1.